The SMILES string of the molecule is CCOc1ccc(NC(=O)c2cnn(-c3ccc(C)cc3)c2CC)cc1F. The van der Waals surface area contributed by atoms with E-state index in [4.69, 9.17) is 4.74 Å². The summed E-state index contributed by atoms with van der Waals surface area (Å²) in [5.74, 6) is -0.675. The molecular formula is C21H22FN3O2. The van der Waals surface area contributed by atoms with Crippen LogP contribution in [0.1, 0.15) is 35.5 Å². The van der Waals surface area contributed by atoms with Crippen LogP contribution in [-0.4, -0.2) is 22.3 Å². The van der Waals surface area contributed by atoms with E-state index >= 15 is 0 Å². The molecule has 1 aromatic heterocycles. The molecule has 1 heterocycles. The average molecular weight is 367 g/mol. The lowest BCUT2D eigenvalue weighted by Crippen LogP contribution is -2.14. The number of carbonyl (C=O) groups excluding carboxylic acids is 1. The lowest BCUT2D eigenvalue weighted by Gasteiger charge is -2.10. The van der Waals surface area contributed by atoms with Gasteiger partial charge in [0.15, 0.2) is 11.6 Å². The molecule has 0 aliphatic carbocycles. The van der Waals surface area contributed by atoms with E-state index < -0.39 is 5.82 Å². The van der Waals surface area contributed by atoms with Crippen molar-refractivity contribution in [2.24, 2.45) is 0 Å². The first-order valence-electron chi connectivity index (χ1n) is 8.91. The number of halogens is 1. The fourth-order valence-electron chi connectivity index (χ4n) is 2.86. The second-order valence-corrected chi connectivity index (χ2v) is 6.14. The first-order valence-corrected chi connectivity index (χ1v) is 8.91. The Morgan fingerprint density at radius 3 is 2.56 bits per heavy atom. The molecule has 0 atom stereocenters. The molecule has 5 nitrogen and oxygen atoms in total. The van der Waals surface area contributed by atoms with Gasteiger partial charge in [0.25, 0.3) is 5.91 Å². The first kappa shape index (κ1) is 18.6. The van der Waals surface area contributed by atoms with Gasteiger partial charge in [-0.2, -0.15) is 5.10 Å². The van der Waals surface area contributed by atoms with Crippen LogP contribution >= 0.6 is 0 Å². The zero-order valence-electron chi connectivity index (χ0n) is 15.6. The number of anilines is 1. The van der Waals surface area contributed by atoms with Gasteiger partial charge in [0.1, 0.15) is 0 Å². The van der Waals surface area contributed by atoms with Gasteiger partial charge in [-0.15, -0.1) is 0 Å². The van der Waals surface area contributed by atoms with Gasteiger partial charge in [-0.25, -0.2) is 9.07 Å². The van der Waals surface area contributed by atoms with Gasteiger partial charge in [-0.05, 0) is 44.5 Å². The summed E-state index contributed by atoms with van der Waals surface area (Å²) >= 11 is 0. The lowest BCUT2D eigenvalue weighted by molar-refractivity contribution is 0.102. The first-order chi connectivity index (χ1) is 13.0. The minimum Gasteiger partial charge on any atom is -0.491 e. The molecule has 2 aromatic carbocycles. The fourth-order valence-corrected chi connectivity index (χ4v) is 2.86. The quantitative estimate of drug-likeness (QED) is 0.696. The van der Waals surface area contributed by atoms with Crippen LogP contribution in [-0.2, 0) is 6.42 Å². The molecule has 1 amide bonds. The van der Waals surface area contributed by atoms with Crippen molar-refractivity contribution in [1.29, 1.82) is 0 Å². The highest BCUT2D eigenvalue weighted by Gasteiger charge is 2.18. The Balaban J connectivity index is 1.85. The smallest absolute Gasteiger partial charge is 0.259 e. The standard InChI is InChI=1S/C21H22FN3O2/c1-4-19-17(13-23-25(19)16-9-6-14(3)7-10-16)21(26)24-15-8-11-20(27-5-2)18(22)12-15/h6-13H,4-5H2,1-3H3,(H,24,26). The highest BCUT2D eigenvalue weighted by atomic mass is 19.1. The van der Waals surface area contributed by atoms with E-state index in [2.05, 4.69) is 10.4 Å². The van der Waals surface area contributed by atoms with Crippen LogP contribution in [0.2, 0.25) is 0 Å². The second kappa shape index (κ2) is 8.03. The number of ether oxygens (including phenoxy) is 1. The number of amides is 1. The van der Waals surface area contributed by atoms with Crippen molar-refractivity contribution >= 4 is 11.6 Å². The molecule has 0 aliphatic rings. The molecule has 27 heavy (non-hydrogen) atoms. The van der Waals surface area contributed by atoms with Crippen LogP contribution in [0.4, 0.5) is 10.1 Å². The summed E-state index contributed by atoms with van der Waals surface area (Å²) < 4.78 is 20.9. The third-order valence-electron chi connectivity index (χ3n) is 4.22. The largest absolute Gasteiger partial charge is 0.491 e. The van der Waals surface area contributed by atoms with Crippen LogP contribution in [0.15, 0.2) is 48.7 Å². The molecule has 3 aromatic rings. The molecule has 0 radical (unpaired) electrons. The van der Waals surface area contributed by atoms with Crippen molar-refractivity contribution in [3.63, 3.8) is 0 Å². The maximum absolute atomic E-state index is 14.0. The number of rotatable bonds is 6. The minimum atomic E-state index is -0.513. The Bertz CT molecular complexity index is 949. The summed E-state index contributed by atoms with van der Waals surface area (Å²) in [7, 11) is 0. The van der Waals surface area contributed by atoms with E-state index in [-0.39, 0.29) is 11.7 Å². The summed E-state index contributed by atoms with van der Waals surface area (Å²) in [6, 6.07) is 12.3. The summed E-state index contributed by atoms with van der Waals surface area (Å²) in [4.78, 5) is 12.7. The zero-order chi connectivity index (χ0) is 19.4. The molecular weight excluding hydrogens is 345 g/mol. The van der Waals surface area contributed by atoms with Gasteiger partial charge in [0.05, 0.1) is 29.7 Å². The van der Waals surface area contributed by atoms with Crippen molar-refractivity contribution < 1.29 is 13.9 Å². The number of benzene rings is 2. The monoisotopic (exact) mass is 367 g/mol. The normalized spacial score (nSPS) is 10.7. The van der Waals surface area contributed by atoms with Gasteiger partial charge in [-0.1, -0.05) is 24.6 Å². The zero-order valence-corrected chi connectivity index (χ0v) is 15.6. The van der Waals surface area contributed by atoms with E-state index in [1.807, 2.05) is 38.1 Å². The number of aryl methyl sites for hydroxylation is 1. The average Bonchev–Trinajstić information content (AvgIpc) is 3.09. The van der Waals surface area contributed by atoms with Gasteiger partial charge in [0, 0.05) is 11.8 Å². The summed E-state index contributed by atoms with van der Waals surface area (Å²) in [6.07, 6.45) is 2.17. The highest BCUT2D eigenvalue weighted by Crippen LogP contribution is 2.23. The second-order valence-electron chi connectivity index (χ2n) is 6.14. The summed E-state index contributed by atoms with van der Waals surface area (Å²) in [6.45, 7) is 6.14. The van der Waals surface area contributed by atoms with E-state index in [0.29, 0.717) is 24.3 Å². The minimum absolute atomic E-state index is 0.164. The van der Waals surface area contributed by atoms with Crippen molar-refractivity contribution in [2.45, 2.75) is 27.2 Å². The van der Waals surface area contributed by atoms with Crippen LogP contribution in [0.3, 0.4) is 0 Å². The maximum atomic E-state index is 14.0. The number of aromatic nitrogens is 2. The van der Waals surface area contributed by atoms with Crippen molar-refractivity contribution in [1.82, 2.24) is 9.78 Å². The van der Waals surface area contributed by atoms with E-state index in [9.17, 15) is 9.18 Å². The maximum Gasteiger partial charge on any atom is 0.259 e. The molecule has 0 aliphatic heterocycles. The summed E-state index contributed by atoms with van der Waals surface area (Å²) in [5, 5.41) is 7.10. The van der Waals surface area contributed by atoms with Gasteiger partial charge in [-0.3, -0.25) is 4.79 Å². The Morgan fingerprint density at radius 1 is 1.19 bits per heavy atom. The van der Waals surface area contributed by atoms with Crippen molar-refractivity contribution in [2.75, 3.05) is 11.9 Å². The van der Waals surface area contributed by atoms with Crippen LogP contribution in [0.25, 0.3) is 5.69 Å². The predicted octanol–water partition coefficient (Wildman–Crippen LogP) is 4.53. The van der Waals surface area contributed by atoms with Crippen molar-refractivity contribution in [3.05, 3.63) is 71.3 Å². The van der Waals surface area contributed by atoms with Crippen LogP contribution in [0.5, 0.6) is 5.75 Å². The molecule has 0 unspecified atom stereocenters. The molecule has 3 rings (SSSR count). The van der Waals surface area contributed by atoms with Gasteiger partial charge >= 0.3 is 0 Å². The molecule has 1 N–H and O–H groups in total. The Labute approximate surface area is 157 Å². The topological polar surface area (TPSA) is 56.1 Å². The van der Waals surface area contributed by atoms with Gasteiger partial charge in [0.2, 0.25) is 0 Å². The Kier molecular flexibility index (Phi) is 5.54. The van der Waals surface area contributed by atoms with Crippen LogP contribution < -0.4 is 10.1 Å². The number of carbonyl (C=O) groups is 1. The number of nitrogens with one attached hydrogen (secondary N) is 1. The van der Waals surface area contributed by atoms with Crippen molar-refractivity contribution in [3.8, 4) is 11.4 Å². The number of hydrogen-bond donors (Lipinski definition) is 1. The fraction of sp³-hybridized carbons (Fsp3) is 0.238. The summed E-state index contributed by atoms with van der Waals surface area (Å²) in [5.41, 5.74) is 3.67. The predicted molar refractivity (Wildman–Crippen MR) is 103 cm³/mol. The number of hydrogen-bond acceptors (Lipinski definition) is 3. The molecule has 0 spiro atoms. The lowest BCUT2D eigenvalue weighted by atomic mass is 10.1. The molecule has 0 fully saturated rings. The Hall–Kier alpha value is -3.15. The van der Waals surface area contributed by atoms with E-state index in [0.717, 1.165) is 16.9 Å². The van der Waals surface area contributed by atoms with Crippen LogP contribution in [0, 0.1) is 12.7 Å². The molecule has 140 valence electrons. The Morgan fingerprint density at radius 2 is 1.93 bits per heavy atom. The molecule has 0 saturated heterocycles. The van der Waals surface area contributed by atoms with E-state index in [1.165, 1.54) is 12.1 Å². The van der Waals surface area contributed by atoms with E-state index in [1.54, 1.807) is 23.9 Å². The third-order valence-corrected chi connectivity index (χ3v) is 4.22. The number of nitrogens with zero attached hydrogens (tertiary/aromatic N) is 2. The molecule has 0 bridgehead atoms. The third kappa shape index (κ3) is 4.00. The highest BCUT2D eigenvalue weighted by molar-refractivity contribution is 6.05. The molecule has 6 heteroatoms. The van der Waals surface area contributed by atoms with Gasteiger partial charge < -0.3 is 10.1 Å². The molecule has 0 saturated carbocycles.